The molecule has 162 valence electrons. The lowest BCUT2D eigenvalue weighted by Gasteiger charge is -2.36. The molecule has 0 bridgehead atoms. The minimum Gasteiger partial charge on any atom is -0.485 e. The van der Waals surface area contributed by atoms with Gasteiger partial charge in [0.25, 0.3) is 0 Å². The van der Waals surface area contributed by atoms with Gasteiger partial charge in [-0.25, -0.2) is 8.78 Å². The van der Waals surface area contributed by atoms with Crippen LogP contribution < -0.4 is 9.64 Å². The van der Waals surface area contributed by atoms with E-state index in [1.165, 1.54) is 0 Å². The predicted octanol–water partition coefficient (Wildman–Crippen LogP) is 4.79. The molecule has 1 fully saturated rings. The molecule has 0 aliphatic carbocycles. The number of hydrogen-bond donors (Lipinski definition) is 1. The number of hydrogen-bond acceptors (Lipinski definition) is 4. The van der Waals surface area contributed by atoms with Crippen LogP contribution in [0.15, 0.2) is 40.9 Å². The first-order valence-corrected chi connectivity index (χ1v) is 9.78. The van der Waals surface area contributed by atoms with Crippen LogP contribution in [0.4, 0.5) is 14.5 Å². The van der Waals surface area contributed by atoms with E-state index in [1.807, 2.05) is 24.3 Å². The number of anilines is 1. The van der Waals surface area contributed by atoms with E-state index >= 15 is 0 Å². The van der Waals surface area contributed by atoms with E-state index < -0.39 is 23.5 Å². The summed E-state index contributed by atoms with van der Waals surface area (Å²) in [5.41, 5.74) is 1.08. The maximum atomic E-state index is 13.8. The fraction of sp³-hybridized carbons (Fsp3) is 0.368. The summed E-state index contributed by atoms with van der Waals surface area (Å²) >= 11 is 9.05. The van der Waals surface area contributed by atoms with Crippen LogP contribution in [0.1, 0.15) is 0 Å². The molecule has 2 aromatic carbocycles. The van der Waals surface area contributed by atoms with Gasteiger partial charge in [0.2, 0.25) is 0 Å². The molecule has 0 radical (unpaired) electrons. The zero-order valence-electron chi connectivity index (χ0n) is 15.4. The lowest BCUT2D eigenvalue weighted by atomic mass is 10.2. The molecule has 0 spiro atoms. The molecular formula is C19H22BrCl3F2N2O2. The Morgan fingerprint density at radius 2 is 1.69 bits per heavy atom. The number of halogens is 6. The van der Waals surface area contributed by atoms with Crippen molar-refractivity contribution >= 4 is 58.0 Å². The van der Waals surface area contributed by atoms with Crippen LogP contribution in [-0.4, -0.2) is 55.4 Å². The van der Waals surface area contributed by atoms with Crippen LogP contribution in [0.25, 0.3) is 0 Å². The number of benzene rings is 2. The summed E-state index contributed by atoms with van der Waals surface area (Å²) in [5, 5.41) is 10.9. The first-order chi connectivity index (χ1) is 12.9. The van der Waals surface area contributed by atoms with Gasteiger partial charge in [-0.2, -0.15) is 0 Å². The Kier molecular flexibility index (Phi) is 11.0. The normalized spacial score (nSPS) is 15.3. The zero-order chi connectivity index (χ0) is 19.4. The minimum atomic E-state index is -0.842. The highest BCUT2D eigenvalue weighted by Gasteiger charge is 2.21. The quantitative estimate of drug-likeness (QED) is 0.579. The van der Waals surface area contributed by atoms with E-state index in [-0.39, 0.29) is 31.4 Å². The first kappa shape index (κ1) is 26.2. The molecule has 0 aromatic heterocycles. The standard InChI is InChI=1S/C19H20BrClF2N2O2.2ClH/c20-13-8-17(22)19(18(23)9-13)27-12-16(26)11-24-4-6-25(7-5-24)15-3-1-2-14(21)10-15;;/h1-3,8-10,16,26H,4-7,11-12H2;2*1H. The van der Waals surface area contributed by atoms with E-state index in [4.69, 9.17) is 16.3 Å². The van der Waals surface area contributed by atoms with Crippen LogP contribution in [0, 0.1) is 11.6 Å². The van der Waals surface area contributed by atoms with Gasteiger partial charge in [-0.05, 0) is 30.3 Å². The third-order valence-electron chi connectivity index (χ3n) is 4.40. The topological polar surface area (TPSA) is 35.9 Å². The van der Waals surface area contributed by atoms with E-state index in [0.29, 0.717) is 16.0 Å². The Labute approximate surface area is 194 Å². The van der Waals surface area contributed by atoms with E-state index in [9.17, 15) is 13.9 Å². The summed E-state index contributed by atoms with van der Waals surface area (Å²) in [6, 6.07) is 9.97. The number of aliphatic hydroxyl groups is 1. The molecule has 1 heterocycles. The summed E-state index contributed by atoms with van der Waals surface area (Å²) in [7, 11) is 0. The Balaban J connectivity index is 0.00000210. The van der Waals surface area contributed by atoms with Gasteiger partial charge < -0.3 is 14.7 Å². The van der Waals surface area contributed by atoms with Crippen molar-refractivity contribution in [1.82, 2.24) is 4.90 Å². The Morgan fingerprint density at radius 1 is 1.07 bits per heavy atom. The highest BCUT2D eigenvalue weighted by atomic mass is 79.9. The zero-order valence-corrected chi connectivity index (χ0v) is 19.3. The van der Waals surface area contributed by atoms with Gasteiger partial charge in [0.05, 0.1) is 0 Å². The predicted molar refractivity (Wildman–Crippen MR) is 120 cm³/mol. The van der Waals surface area contributed by atoms with Gasteiger partial charge in [-0.3, -0.25) is 4.90 Å². The highest BCUT2D eigenvalue weighted by Crippen LogP contribution is 2.26. The summed E-state index contributed by atoms with van der Waals surface area (Å²) in [6.45, 7) is 3.36. The molecule has 29 heavy (non-hydrogen) atoms. The van der Waals surface area contributed by atoms with Crippen molar-refractivity contribution < 1.29 is 18.6 Å². The molecule has 1 aliphatic rings. The van der Waals surface area contributed by atoms with Crippen molar-refractivity contribution in [2.24, 2.45) is 0 Å². The van der Waals surface area contributed by atoms with Crippen molar-refractivity contribution in [2.75, 3.05) is 44.2 Å². The summed E-state index contributed by atoms with van der Waals surface area (Å²) in [4.78, 5) is 4.33. The van der Waals surface area contributed by atoms with Crippen LogP contribution in [0.2, 0.25) is 5.02 Å². The molecule has 1 saturated heterocycles. The monoisotopic (exact) mass is 532 g/mol. The van der Waals surface area contributed by atoms with Crippen molar-refractivity contribution in [1.29, 1.82) is 0 Å². The molecule has 3 rings (SSSR count). The van der Waals surface area contributed by atoms with E-state index in [1.54, 1.807) is 0 Å². The number of aliphatic hydroxyl groups excluding tert-OH is 1. The number of β-amino-alcohol motifs (C(OH)–C–C–N with tert-alkyl or cyclic N) is 1. The molecule has 1 atom stereocenters. The molecule has 1 aliphatic heterocycles. The average Bonchev–Trinajstić information content (AvgIpc) is 2.61. The number of nitrogens with zero attached hydrogens (tertiary/aromatic N) is 2. The maximum Gasteiger partial charge on any atom is 0.190 e. The molecule has 0 saturated carbocycles. The van der Waals surface area contributed by atoms with Crippen LogP contribution in [0.5, 0.6) is 5.75 Å². The van der Waals surface area contributed by atoms with Crippen molar-refractivity contribution in [2.45, 2.75) is 6.10 Å². The van der Waals surface area contributed by atoms with Crippen LogP contribution in [-0.2, 0) is 0 Å². The van der Waals surface area contributed by atoms with Gasteiger partial charge >= 0.3 is 0 Å². The summed E-state index contributed by atoms with van der Waals surface area (Å²) in [5.74, 6) is -2.07. The molecule has 1 N–H and O–H groups in total. The third kappa shape index (κ3) is 7.42. The molecule has 10 heteroatoms. The lowest BCUT2D eigenvalue weighted by molar-refractivity contribution is 0.0634. The Bertz CT molecular complexity index is 773. The molecule has 4 nitrogen and oxygen atoms in total. The summed E-state index contributed by atoms with van der Waals surface area (Å²) < 4.78 is 33.0. The lowest BCUT2D eigenvalue weighted by Crippen LogP contribution is -2.49. The Morgan fingerprint density at radius 3 is 2.28 bits per heavy atom. The Hall–Kier alpha value is -0.830. The highest BCUT2D eigenvalue weighted by molar-refractivity contribution is 9.10. The van der Waals surface area contributed by atoms with Gasteiger partial charge in [-0.1, -0.05) is 33.6 Å². The maximum absolute atomic E-state index is 13.8. The van der Waals surface area contributed by atoms with E-state index in [2.05, 4.69) is 25.7 Å². The third-order valence-corrected chi connectivity index (χ3v) is 5.09. The smallest absolute Gasteiger partial charge is 0.190 e. The second-order valence-electron chi connectivity index (χ2n) is 6.43. The van der Waals surface area contributed by atoms with Crippen molar-refractivity contribution in [3.63, 3.8) is 0 Å². The van der Waals surface area contributed by atoms with Crippen LogP contribution in [0.3, 0.4) is 0 Å². The van der Waals surface area contributed by atoms with Gasteiger partial charge in [0, 0.05) is 47.9 Å². The van der Waals surface area contributed by atoms with Gasteiger partial charge in [0.15, 0.2) is 17.4 Å². The second-order valence-corrected chi connectivity index (χ2v) is 7.78. The number of ether oxygens (including phenoxy) is 1. The fourth-order valence-corrected chi connectivity index (χ4v) is 3.65. The number of rotatable bonds is 6. The summed E-state index contributed by atoms with van der Waals surface area (Å²) in [6.07, 6.45) is -0.842. The molecule has 1 unspecified atom stereocenters. The fourth-order valence-electron chi connectivity index (χ4n) is 3.06. The molecular weight excluding hydrogens is 512 g/mol. The SMILES string of the molecule is Cl.Cl.OC(COc1c(F)cc(Br)cc1F)CN1CCN(c2cccc(Cl)c2)CC1. The second kappa shape index (κ2) is 12.1. The first-order valence-electron chi connectivity index (χ1n) is 8.60. The molecule has 0 amide bonds. The van der Waals surface area contributed by atoms with Crippen molar-refractivity contribution in [3.05, 3.63) is 57.5 Å². The van der Waals surface area contributed by atoms with Gasteiger partial charge in [-0.15, -0.1) is 24.8 Å². The molecule has 2 aromatic rings. The average molecular weight is 535 g/mol. The van der Waals surface area contributed by atoms with Crippen molar-refractivity contribution in [3.8, 4) is 5.75 Å². The largest absolute Gasteiger partial charge is 0.485 e. The number of piperazine rings is 1. The van der Waals surface area contributed by atoms with Crippen LogP contribution >= 0.6 is 52.3 Å². The van der Waals surface area contributed by atoms with Gasteiger partial charge in [0.1, 0.15) is 12.7 Å². The minimum absolute atomic E-state index is 0. The van der Waals surface area contributed by atoms with E-state index in [0.717, 1.165) is 44.0 Å².